The Kier molecular flexibility index (Phi) is 7.38. The van der Waals surface area contributed by atoms with E-state index in [0.29, 0.717) is 5.92 Å². The zero-order valence-electron chi connectivity index (χ0n) is 13.1. The molecular weight excluding hydrogens is 318 g/mol. The maximum atomic E-state index is 5.61. The van der Waals surface area contributed by atoms with E-state index < -0.39 is 0 Å². The quantitative estimate of drug-likeness (QED) is 0.750. The summed E-state index contributed by atoms with van der Waals surface area (Å²) in [4.78, 5) is 0. The first-order chi connectivity index (χ1) is 9.60. The summed E-state index contributed by atoms with van der Waals surface area (Å²) in [6, 6.07) is 4.38. The van der Waals surface area contributed by atoms with Gasteiger partial charge in [0.05, 0.1) is 14.2 Å². The number of rotatable bonds is 8. The predicted octanol–water partition coefficient (Wildman–Crippen LogP) is 4.55. The fourth-order valence-corrected chi connectivity index (χ4v) is 3.00. The Balaban J connectivity index is 3.21. The second kappa shape index (κ2) is 8.53. The van der Waals surface area contributed by atoms with Crippen molar-refractivity contribution < 1.29 is 9.47 Å². The molecule has 114 valence electrons. The van der Waals surface area contributed by atoms with Gasteiger partial charge in [0, 0.05) is 11.6 Å². The fourth-order valence-electron chi connectivity index (χ4n) is 2.32. The van der Waals surface area contributed by atoms with Crippen LogP contribution in [0.15, 0.2) is 16.6 Å². The van der Waals surface area contributed by atoms with E-state index in [0.717, 1.165) is 35.4 Å². The Morgan fingerprint density at radius 3 is 2.40 bits per heavy atom. The number of methoxy groups -OCH3 is 2. The van der Waals surface area contributed by atoms with E-state index in [2.05, 4.69) is 48.1 Å². The van der Waals surface area contributed by atoms with Crippen LogP contribution in [0.4, 0.5) is 0 Å². The van der Waals surface area contributed by atoms with Crippen molar-refractivity contribution in [3.05, 3.63) is 22.2 Å². The Hall–Kier alpha value is -0.740. The molecule has 0 aliphatic carbocycles. The van der Waals surface area contributed by atoms with E-state index in [1.165, 1.54) is 5.56 Å². The number of benzene rings is 1. The van der Waals surface area contributed by atoms with Crippen LogP contribution in [0.3, 0.4) is 0 Å². The number of hydrogen-bond donors (Lipinski definition) is 1. The van der Waals surface area contributed by atoms with Gasteiger partial charge in [0.2, 0.25) is 0 Å². The zero-order valence-corrected chi connectivity index (χ0v) is 14.7. The third-order valence-corrected chi connectivity index (χ3v) is 4.43. The maximum Gasteiger partial charge on any atom is 0.141 e. The molecule has 0 aliphatic rings. The molecule has 0 spiro atoms. The van der Waals surface area contributed by atoms with Crippen molar-refractivity contribution in [1.82, 2.24) is 5.32 Å². The summed E-state index contributed by atoms with van der Waals surface area (Å²) in [5.74, 6) is 2.19. The van der Waals surface area contributed by atoms with Gasteiger partial charge in [0.25, 0.3) is 0 Å². The van der Waals surface area contributed by atoms with Crippen LogP contribution < -0.4 is 14.8 Å². The first-order valence-electron chi connectivity index (χ1n) is 7.24. The van der Waals surface area contributed by atoms with Crippen molar-refractivity contribution in [2.24, 2.45) is 5.92 Å². The highest BCUT2D eigenvalue weighted by atomic mass is 79.9. The van der Waals surface area contributed by atoms with Crippen molar-refractivity contribution >= 4 is 15.9 Å². The van der Waals surface area contributed by atoms with Gasteiger partial charge in [-0.1, -0.05) is 27.2 Å². The van der Waals surface area contributed by atoms with Crippen molar-refractivity contribution in [3.63, 3.8) is 0 Å². The van der Waals surface area contributed by atoms with Crippen LogP contribution in [0.2, 0.25) is 0 Å². The average molecular weight is 344 g/mol. The van der Waals surface area contributed by atoms with Crippen molar-refractivity contribution in [1.29, 1.82) is 0 Å². The topological polar surface area (TPSA) is 30.5 Å². The van der Waals surface area contributed by atoms with Crippen LogP contribution >= 0.6 is 15.9 Å². The van der Waals surface area contributed by atoms with Gasteiger partial charge in [0.15, 0.2) is 0 Å². The van der Waals surface area contributed by atoms with Gasteiger partial charge < -0.3 is 14.8 Å². The van der Waals surface area contributed by atoms with Gasteiger partial charge in [-0.2, -0.15) is 0 Å². The smallest absolute Gasteiger partial charge is 0.141 e. The molecule has 1 aromatic rings. The summed E-state index contributed by atoms with van der Waals surface area (Å²) in [6.45, 7) is 7.67. The van der Waals surface area contributed by atoms with Gasteiger partial charge in [-0.25, -0.2) is 0 Å². The van der Waals surface area contributed by atoms with E-state index in [1.54, 1.807) is 14.2 Å². The summed E-state index contributed by atoms with van der Waals surface area (Å²) >= 11 is 3.58. The van der Waals surface area contributed by atoms with Crippen molar-refractivity contribution in [2.75, 3.05) is 20.8 Å². The Bertz CT molecular complexity index is 423. The van der Waals surface area contributed by atoms with Crippen LogP contribution in [0.25, 0.3) is 0 Å². The minimum atomic E-state index is 0.289. The highest BCUT2D eigenvalue weighted by molar-refractivity contribution is 9.10. The normalized spacial score (nSPS) is 13.9. The van der Waals surface area contributed by atoms with E-state index >= 15 is 0 Å². The summed E-state index contributed by atoms with van der Waals surface area (Å²) in [7, 11) is 3.37. The minimum absolute atomic E-state index is 0.289. The minimum Gasteiger partial charge on any atom is -0.495 e. The summed E-state index contributed by atoms with van der Waals surface area (Å²) in [5, 5.41) is 3.63. The molecule has 2 unspecified atom stereocenters. The lowest BCUT2D eigenvalue weighted by Crippen LogP contribution is -2.28. The van der Waals surface area contributed by atoms with Crippen molar-refractivity contribution in [3.8, 4) is 11.5 Å². The van der Waals surface area contributed by atoms with Gasteiger partial charge in [-0.05, 0) is 46.9 Å². The number of halogens is 1. The molecule has 0 radical (unpaired) electrons. The first-order valence-corrected chi connectivity index (χ1v) is 8.03. The van der Waals surface area contributed by atoms with E-state index in [9.17, 15) is 0 Å². The molecule has 0 fully saturated rings. The molecule has 0 saturated carbocycles. The Morgan fingerprint density at radius 2 is 1.90 bits per heavy atom. The SMILES string of the molecule is CCCNC(c1ccc(OC)c(Br)c1OC)C(C)CC. The van der Waals surface area contributed by atoms with Crippen LogP contribution in [0.1, 0.15) is 45.2 Å². The molecule has 20 heavy (non-hydrogen) atoms. The number of hydrogen-bond acceptors (Lipinski definition) is 3. The molecule has 3 nitrogen and oxygen atoms in total. The molecule has 4 heteroatoms. The standard InChI is InChI=1S/C16H26BrNO2/c1-6-10-18-15(11(3)7-2)12-8-9-13(19-4)14(17)16(12)20-5/h8-9,11,15,18H,6-7,10H2,1-5H3. The number of nitrogens with one attached hydrogen (secondary N) is 1. The van der Waals surface area contributed by atoms with Crippen LogP contribution in [-0.4, -0.2) is 20.8 Å². The molecule has 1 N–H and O–H groups in total. The van der Waals surface area contributed by atoms with E-state index in [1.807, 2.05) is 6.07 Å². The van der Waals surface area contributed by atoms with Crippen LogP contribution in [0.5, 0.6) is 11.5 Å². The van der Waals surface area contributed by atoms with Crippen LogP contribution in [-0.2, 0) is 0 Å². The molecule has 0 amide bonds. The molecule has 0 bridgehead atoms. The lowest BCUT2D eigenvalue weighted by Gasteiger charge is -2.27. The molecule has 0 saturated heterocycles. The largest absolute Gasteiger partial charge is 0.495 e. The van der Waals surface area contributed by atoms with Gasteiger partial charge in [-0.3, -0.25) is 0 Å². The van der Waals surface area contributed by atoms with Crippen molar-refractivity contribution in [2.45, 2.75) is 39.7 Å². The highest BCUT2D eigenvalue weighted by Crippen LogP contribution is 2.41. The molecule has 2 atom stereocenters. The average Bonchev–Trinajstić information content (AvgIpc) is 2.47. The first kappa shape index (κ1) is 17.3. The van der Waals surface area contributed by atoms with Gasteiger partial charge in [-0.15, -0.1) is 0 Å². The van der Waals surface area contributed by atoms with E-state index in [-0.39, 0.29) is 6.04 Å². The highest BCUT2D eigenvalue weighted by Gasteiger charge is 2.23. The second-order valence-electron chi connectivity index (χ2n) is 5.02. The molecule has 1 aromatic carbocycles. The fraction of sp³-hybridized carbons (Fsp3) is 0.625. The molecule has 0 aliphatic heterocycles. The lowest BCUT2D eigenvalue weighted by molar-refractivity contribution is 0.345. The lowest BCUT2D eigenvalue weighted by atomic mass is 9.91. The summed E-state index contributed by atoms with van der Waals surface area (Å²) in [6.07, 6.45) is 2.24. The molecule has 1 rings (SSSR count). The van der Waals surface area contributed by atoms with Gasteiger partial charge in [0.1, 0.15) is 16.0 Å². The molecule has 0 aromatic heterocycles. The maximum absolute atomic E-state index is 5.61. The molecule has 0 heterocycles. The van der Waals surface area contributed by atoms with E-state index in [4.69, 9.17) is 9.47 Å². The summed E-state index contributed by atoms with van der Waals surface area (Å²) in [5.41, 5.74) is 1.18. The molecular formula is C16H26BrNO2. The third kappa shape index (κ3) is 3.89. The Labute approximate surface area is 131 Å². The Morgan fingerprint density at radius 1 is 1.20 bits per heavy atom. The van der Waals surface area contributed by atoms with Crippen LogP contribution in [0, 0.1) is 5.92 Å². The second-order valence-corrected chi connectivity index (χ2v) is 5.81. The zero-order chi connectivity index (χ0) is 15.1. The monoisotopic (exact) mass is 343 g/mol. The predicted molar refractivity (Wildman–Crippen MR) is 87.7 cm³/mol. The van der Waals surface area contributed by atoms with Gasteiger partial charge >= 0.3 is 0 Å². The third-order valence-electron chi connectivity index (χ3n) is 3.68. The number of ether oxygens (including phenoxy) is 2. The summed E-state index contributed by atoms with van der Waals surface area (Å²) < 4.78 is 11.8.